The topological polar surface area (TPSA) is 55.6 Å². The lowest BCUT2D eigenvalue weighted by atomic mass is 9.98. The zero-order valence-electron chi connectivity index (χ0n) is 11.8. The van der Waals surface area contributed by atoms with E-state index in [4.69, 9.17) is 0 Å². The van der Waals surface area contributed by atoms with Gasteiger partial charge in [0, 0.05) is 6.54 Å². The predicted octanol–water partition coefficient (Wildman–Crippen LogP) is 1.85. The molecule has 1 heterocycles. The molecule has 0 aliphatic heterocycles. The van der Waals surface area contributed by atoms with Crippen LogP contribution in [0.1, 0.15) is 45.9 Å². The Hall–Kier alpha value is -0.970. The fraction of sp³-hybridized carbons (Fsp3) is 0.923. The van der Waals surface area contributed by atoms with Crippen LogP contribution in [-0.4, -0.2) is 26.8 Å². The van der Waals surface area contributed by atoms with E-state index in [1.807, 2.05) is 4.68 Å². The van der Waals surface area contributed by atoms with Crippen LogP contribution in [0, 0.1) is 17.8 Å². The molecule has 1 aromatic heterocycles. The Morgan fingerprint density at radius 3 is 2.89 bits per heavy atom. The lowest BCUT2D eigenvalue weighted by molar-refractivity contribution is 0.336. The molecule has 0 amide bonds. The third kappa shape index (κ3) is 3.51. The van der Waals surface area contributed by atoms with Crippen LogP contribution in [0.3, 0.4) is 0 Å². The van der Waals surface area contributed by atoms with Crippen LogP contribution in [0.25, 0.3) is 0 Å². The Bertz CT molecular complexity index is 360. The number of hydrogen-bond acceptors (Lipinski definition) is 4. The van der Waals surface area contributed by atoms with Crippen molar-refractivity contribution in [2.24, 2.45) is 17.8 Å². The third-order valence-corrected chi connectivity index (χ3v) is 3.89. The van der Waals surface area contributed by atoms with Crippen molar-refractivity contribution in [1.82, 2.24) is 25.5 Å². The molecular formula is C13H25N5. The van der Waals surface area contributed by atoms with E-state index < -0.39 is 0 Å². The molecule has 2 atom stereocenters. The molecular weight excluding hydrogens is 226 g/mol. The molecule has 102 valence electrons. The normalized spacial score (nSPS) is 24.0. The van der Waals surface area contributed by atoms with Gasteiger partial charge in [-0.2, -0.15) is 0 Å². The summed E-state index contributed by atoms with van der Waals surface area (Å²) in [6, 6.07) is 0. The SMILES string of the molecule is CC(C)CNCc1nnnn1CC1CCCC1C. The van der Waals surface area contributed by atoms with Crippen molar-refractivity contribution in [3.05, 3.63) is 5.82 Å². The number of rotatable bonds is 6. The van der Waals surface area contributed by atoms with Crippen molar-refractivity contribution >= 4 is 0 Å². The highest BCUT2D eigenvalue weighted by Gasteiger charge is 2.24. The number of aromatic nitrogens is 4. The van der Waals surface area contributed by atoms with Gasteiger partial charge in [-0.15, -0.1) is 5.10 Å². The predicted molar refractivity (Wildman–Crippen MR) is 70.9 cm³/mol. The fourth-order valence-corrected chi connectivity index (χ4v) is 2.68. The molecule has 0 saturated heterocycles. The highest BCUT2D eigenvalue weighted by atomic mass is 15.5. The summed E-state index contributed by atoms with van der Waals surface area (Å²) in [6.45, 7) is 9.51. The van der Waals surface area contributed by atoms with Gasteiger partial charge in [0.15, 0.2) is 5.82 Å². The molecule has 1 fully saturated rings. The van der Waals surface area contributed by atoms with Crippen molar-refractivity contribution in [2.45, 2.75) is 53.1 Å². The zero-order valence-corrected chi connectivity index (χ0v) is 11.8. The Balaban J connectivity index is 1.87. The van der Waals surface area contributed by atoms with Gasteiger partial charge in [0.2, 0.25) is 0 Å². The first kappa shape index (κ1) is 13.5. The maximum Gasteiger partial charge on any atom is 0.165 e. The fourth-order valence-electron chi connectivity index (χ4n) is 2.68. The van der Waals surface area contributed by atoms with E-state index >= 15 is 0 Å². The molecule has 1 N–H and O–H groups in total. The molecule has 5 nitrogen and oxygen atoms in total. The van der Waals surface area contributed by atoms with E-state index in [-0.39, 0.29) is 0 Å². The van der Waals surface area contributed by atoms with E-state index in [1.165, 1.54) is 19.3 Å². The summed E-state index contributed by atoms with van der Waals surface area (Å²) in [5, 5.41) is 15.5. The summed E-state index contributed by atoms with van der Waals surface area (Å²) >= 11 is 0. The van der Waals surface area contributed by atoms with Gasteiger partial charge >= 0.3 is 0 Å². The molecule has 0 radical (unpaired) electrons. The number of tetrazole rings is 1. The van der Waals surface area contributed by atoms with Gasteiger partial charge in [0.1, 0.15) is 0 Å². The van der Waals surface area contributed by atoms with Crippen molar-refractivity contribution in [2.75, 3.05) is 6.54 Å². The minimum atomic E-state index is 0.657. The van der Waals surface area contributed by atoms with Crippen molar-refractivity contribution in [3.8, 4) is 0 Å². The maximum atomic E-state index is 4.13. The number of nitrogens with zero attached hydrogens (tertiary/aromatic N) is 4. The van der Waals surface area contributed by atoms with Crippen LogP contribution >= 0.6 is 0 Å². The van der Waals surface area contributed by atoms with E-state index in [2.05, 4.69) is 41.6 Å². The minimum Gasteiger partial charge on any atom is -0.310 e. The molecule has 1 aromatic rings. The van der Waals surface area contributed by atoms with Crippen LogP contribution in [0.4, 0.5) is 0 Å². The van der Waals surface area contributed by atoms with Crippen molar-refractivity contribution in [1.29, 1.82) is 0 Å². The molecule has 0 bridgehead atoms. The summed E-state index contributed by atoms with van der Waals surface area (Å²) in [7, 11) is 0. The standard InChI is InChI=1S/C13H25N5/c1-10(2)7-14-8-13-15-16-17-18(13)9-12-6-4-5-11(12)3/h10-12,14H,4-9H2,1-3H3. The van der Waals surface area contributed by atoms with Crippen LogP contribution in [0.2, 0.25) is 0 Å². The second-order valence-corrected chi connectivity index (χ2v) is 5.97. The van der Waals surface area contributed by atoms with E-state index in [9.17, 15) is 0 Å². The van der Waals surface area contributed by atoms with Crippen LogP contribution in [0.15, 0.2) is 0 Å². The summed E-state index contributed by atoms with van der Waals surface area (Å²) in [5.74, 6) is 3.18. The Labute approximate surface area is 109 Å². The Morgan fingerprint density at radius 2 is 2.22 bits per heavy atom. The van der Waals surface area contributed by atoms with Gasteiger partial charge < -0.3 is 5.32 Å². The van der Waals surface area contributed by atoms with E-state index in [0.29, 0.717) is 5.92 Å². The highest BCUT2D eigenvalue weighted by molar-refractivity contribution is 4.83. The lowest BCUT2D eigenvalue weighted by Gasteiger charge is -2.15. The van der Waals surface area contributed by atoms with E-state index in [1.54, 1.807) is 0 Å². The molecule has 1 saturated carbocycles. The molecule has 1 aliphatic rings. The molecule has 0 spiro atoms. The number of hydrogen-bond donors (Lipinski definition) is 1. The first-order valence-corrected chi connectivity index (χ1v) is 7.12. The summed E-state index contributed by atoms with van der Waals surface area (Å²) in [4.78, 5) is 0. The first-order valence-electron chi connectivity index (χ1n) is 7.12. The van der Waals surface area contributed by atoms with Crippen LogP contribution in [0.5, 0.6) is 0 Å². The van der Waals surface area contributed by atoms with Gasteiger partial charge in [0.05, 0.1) is 6.54 Å². The summed E-state index contributed by atoms with van der Waals surface area (Å²) in [5.41, 5.74) is 0. The van der Waals surface area contributed by atoms with Crippen molar-refractivity contribution < 1.29 is 0 Å². The van der Waals surface area contributed by atoms with Crippen molar-refractivity contribution in [3.63, 3.8) is 0 Å². The third-order valence-electron chi connectivity index (χ3n) is 3.89. The summed E-state index contributed by atoms with van der Waals surface area (Å²) < 4.78 is 1.99. The Kier molecular flexibility index (Phi) is 4.69. The largest absolute Gasteiger partial charge is 0.310 e. The highest BCUT2D eigenvalue weighted by Crippen LogP contribution is 2.32. The van der Waals surface area contributed by atoms with Gasteiger partial charge in [-0.25, -0.2) is 4.68 Å². The maximum absolute atomic E-state index is 4.13. The molecule has 1 aliphatic carbocycles. The molecule has 18 heavy (non-hydrogen) atoms. The van der Waals surface area contributed by atoms with Gasteiger partial charge in [-0.3, -0.25) is 0 Å². The van der Waals surface area contributed by atoms with E-state index in [0.717, 1.165) is 37.3 Å². The smallest absolute Gasteiger partial charge is 0.165 e. The lowest BCUT2D eigenvalue weighted by Crippen LogP contribution is -2.23. The second-order valence-electron chi connectivity index (χ2n) is 5.97. The molecule has 2 rings (SSSR count). The average Bonchev–Trinajstić information content (AvgIpc) is 2.90. The average molecular weight is 251 g/mol. The molecule has 2 unspecified atom stereocenters. The van der Waals surface area contributed by atoms with Crippen LogP contribution in [-0.2, 0) is 13.1 Å². The van der Waals surface area contributed by atoms with Gasteiger partial charge in [0.25, 0.3) is 0 Å². The summed E-state index contributed by atoms with van der Waals surface area (Å²) in [6.07, 6.45) is 4.03. The first-order chi connectivity index (χ1) is 8.66. The monoisotopic (exact) mass is 251 g/mol. The van der Waals surface area contributed by atoms with Crippen LogP contribution < -0.4 is 5.32 Å². The molecule has 0 aromatic carbocycles. The quantitative estimate of drug-likeness (QED) is 0.838. The van der Waals surface area contributed by atoms with Gasteiger partial charge in [-0.05, 0) is 41.1 Å². The second kappa shape index (κ2) is 6.27. The molecule has 5 heteroatoms. The zero-order chi connectivity index (χ0) is 13.0. The minimum absolute atomic E-state index is 0.657. The van der Waals surface area contributed by atoms with Gasteiger partial charge in [-0.1, -0.05) is 33.6 Å². The number of nitrogens with one attached hydrogen (secondary N) is 1. The Morgan fingerprint density at radius 1 is 1.39 bits per heavy atom.